The molecule has 0 aliphatic carbocycles. The third-order valence-corrected chi connectivity index (χ3v) is 2.20. The Morgan fingerprint density at radius 3 is 1.62 bits per heavy atom. The van der Waals surface area contributed by atoms with Gasteiger partial charge >= 0.3 is 11.9 Å². The van der Waals surface area contributed by atoms with Crippen LogP contribution in [0.25, 0.3) is 0 Å². The number of esters is 2. The van der Waals surface area contributed by atoms with Crippen LogP contribution in [0.15, 0.2) is 24.3 Å². The lowest BCUT2D eigenvalue weighted by Gasteiger charge is -2.06. The first-order valence-corrected chi connectivity index (χ1v) is 6.50. The van der Waals surface area contributed by atoms with Gasteiger partial charge in [-0.2, -0.15) is 0 Å². The molecule has 0 aromatic heterocycles. The van der Waals surface area contributed by atoms with Crippen LogP contribution in [0.4, 0.5) is 0 Å². The van der Waals surface area contributed by atoms with Gasteiger partial charge in [0, 0.05) is 0 Å². The molecular formula is C10H8Br2O4. The zero-order valence-electron chi connectivity index (χ0n) is 8.11. The first kappa shape index (κ1) is 13.2. The minimum Gasteiger partial charge on any atom is -0.450 e. The lowest BCUT2D eigenvalue weighted by Crippen LogP contribution is -2.13. The zero-order chi connectivity index (χ0) is 12.0. The van der Waals surface area contributed by atoms with E-state index in [4.69, 9.17) is 9.47 Å². The molecule has 86 valence electrons. The monoisotopic (exact) mass is 350 g/mol. The van der Waals surface area contributed by atoms with Crippen LogP contribution in [0.3, 0.4) is 0 Å². The summed E-state index contributed by atoms with van der Waals surface area (Å²) < 4.78 is 9.51. The fourth-order valence-corrected chi connectivity index (χ4v) is 1.51. The van der Waals surface area contributed by atoms with E-state index in [0.29, 0.717) is 0 Å². The van der Waals surface area contributed by atoms with Crippen LogP contribution >= 0.6 is 31.9 Å². The summed E-state index contributed by atoms with van der Waals surface area (Å²) >= 11 is 5.95. The van der Waals surface area contributed by atoms with Crippen molar-refractivity contribution >= 4 is 43.8 Å². The number of carbonyl (C=O) groups excluding carboxylic acids is 2. The van der Waals surface area contributed by atoms with Crippen LogP contribution in [0.5, 0.6) is 0 Å². The summed E-state index contributed by atoms with van der Waals surface area (Å²) in [6.07, 6.45) is 0. The Bertz CT molecular complexity index is 355. The molecule has 0 fully saturated rings. The molecule has 6 heteroatoms. The van der Waals surface area contributed by atoms with Crippen molar-refractivity contribution < 1.29 is 19.1 Å². The fourth-order valence-electron chi connectivity index (χ4n) is 1.09. The third kappa shape index (κ3) is 3.31. The first-order chi connectivity index (χ1) is 7.70. The normalized spacial score (nSPS) is 9.62. The highest BCUT2D eigenvalue weighted by Gasteiger charge is 2.18. The van der Waals surface area contributed by atoms with Crippen LogP contribution in [0.1, 0.15) is 20.7 Å². The van der Waals surface area contributed by atoms with E-state index in [1.165, 1.54) is 12.1 Å². The smallest absolute Gasteiger partial charge is 0.339 e. The molecule has 0 radical (unpaired) electrons. The first-order valence-electron chi connectivity index (χ1n) is 4.26. The number of benzene rings is 1. The van der Waals surface area contributed by atoms with E-state index in [1.54, 1.807) is 12.1 Å². The Kier molecular flexibility index (Phi) is 5.48. The highest BCUT2D eigenvalue weighted by molar-refractivity contribution is 9.09. The molecule has 0 heterocycles. The fraction of sp³-hybridized carbons (Fsp3) is 0.200. The van der Waals surface area contributed by atoms with Gasteiger partial charge in [-0.05, 0) is 44.0 Å². The minimum absolute atomic E-state index is 0.0770. The maximum Gasteiger partial charge on any atom is 0.339 e. The second kappa shape index (κ2) is 6.65. The molecule has 16 heavy (non-hydrogen) atoms. The Hall–Kier alpha value is -0.880. The van der Waals surface area contributed by atoms with Crippen LogP contribution in [-0.4, -0.2) is 23.0 Å². The Morgan fingerprint density at radius 1 is 0.938 bits per heavy atom. The van der Waals surface area contributed by atoms with Crippen LogP contribution in [0.2, 0.25) is 0 Å². The highest BCUT2D eigenvalue weighted by Crippen LogP contribution is 2.12. The second-order valence-corrected chi connectivity index (χ2v) is 3.54. The van der Waals surface area contributed by atoms with E-state index in [2.05, 4.69) is 31.9 Å². The molecule has 0 saturated carbocycles. The summed E-state index contributed by atoms with van der Waals surface area (Å²) in [5, 5.41) is 0. The molecular weight excluding hydrogens is 344 g/mol. The molecule has 0 amide bonds. The predicted molar refractivity (Wildman–Crippen MR) is 64.9 cm³/mol. The van der Waals surface area contributed by atoms with Gasteiger partial charge < -0.3 is 9.47 Å². The van der Waals surface area contributed by atoms with Gasteiger partial charge in [-0.1, -0.05) is 12.1 Å². The molecule has 0 saturated heterocycles. The molecule has 0 bridgehead atoms. The molecule has 0 spiro atoms. The van der Waals surface area contributed by atoms with Crippen molar-refractivity contribution in [2.45, 2.75) is 0 Å². The molecule has 0 unspecified atom stereocenters. The van der Waals surface area contributed by atoms with Gasteiger partial charge in [-0.15, -0.1) is 0 Å². The number of hydrogen-bond donors (Lipinski definition) is 0. The molecule has 0 aliphatic rings. The number of alkyl halides is 2. The maximum atomic E-state index is 11.5. The topological polar surface area (TPSA) is 52.6 Å². The van der Waals surface area contributed by atoms with Crippen molar-refractivity contribution in [3.8, 4) is 0 Å². The average molecular weight is 352 g/mol. The standard InChI is InChI=1S/C10H8Br2O4/c11-5-15-9(13)7-3-1-2-4-8(7)10(14)16-6-12/h1-4H,5-6H2. The van der Waals surface area contributed by atoms with Gasteiger partial charge in [0.2, 0.25) is 0 Å². The summed E-state index contributed by atoms with van der Waals surface area (Å²) in [5.41, 5.74) is 0.530. The Balaban J connectivity index is 3.00. The molecule has 0 atom stereocenters. The third-order valence-electron chi connectivity index (χ3n) is 1.74. The molecule has 1 rings (SSSR count). The van der Waals surface area contributed by atoms with Crippen molar-refractivity contribution in [1.29, 1.82) is 0 Å². The van der Waals surface area contributed by atoms with Crippen molar-refractivity contribution in [2.24, 2.45) is 0 Å². The van der Waals surface area contributed by atoms with Crippen LogP contribution in [-0.2, 0) is 9.47 Å². The average Bonchev–Trinajstić information content (AvgIpc) is 2.30. The Morgan fingerprint density at radius 2 is 1.31 bits per heavy atom. The van der Waals surface area contributed by atoms with Crippen LogP contribution in [0, 0.1) is 0 Å². The highest BCUT2D eigenvalue weighted by atomic mass is 79.9. The number of hydrogen-bond acceptors (Lipinski definition) is 4. The van der Waals surface area contributed by atoms with E-state index in [-0.39, 0.29) is 22.2 Å². The van der Waals surface area contributed by atoms with Gasteiger partial charge in [0.25, 0.3) is 0 Å². The summed E-state index contributed by atoms with van der Waals surface area (Å²) in [6, 6.07) is 6.32. The molecule has 1 aromatic rings. The van der Waals surface area contributed by atoms with Gasteiger partial charge in [-0.25, -0.2) is 9.59 Å². The van der Waals surface area contributed by atoms with Crippen LogP contribution < -0.4 is 0 Å². The summed E-state index contributed by atoms with van der Waals surface area (Å²) in [4.78, 5) is 23.0. The SMILES string of the molecule is O=C(OCBr)c1ccccc1C(=O)OCBr. The van der Waals surface area contributed by atoms with Crippen molar-refractivity contribution in [3.63, 3.8) is 0 Å². The Labute approximate surface area is 109 Å². The lowest BCUT2D eigenvalue weighted by molar-refractivity contribution is 0.0538. The van der Waals surface area contributed by atoms with Gasteiger partial charge in [0.05, 0.1) is 11.1 Å². The number of carbonyl (C=O) groups is 2. The van der Waals surface area contributed by atoms with Crippen molar-refractivity contribution in [1.82, 2.24) is 0 Å². The van der Waals surface area contributed by atoms with Crippen molar-refractivity contribution in [3.05, 3.63) is 35.4 Å². The summed E-state index contributed by atoms with van der Waals surface area (Å²) in [7, 11) is 0. The number of rotatable bonds is 4. The largest absolute Gasteiger partial charge is 0.450 e. The predicted octanol–water partition coefficient (Wildman–Crippen LogP) is 2.71. The minimum atomic E-state index is -0.570. The maximum absolute atomic E-state index is 11.5. The lowest BCUT2D eigenvalue weighted by atomic mass is 10.1. The number of halogens is 2. The van der Waals surface area contributed by atoms with E-state index < -0.39 is 11.9 Å². The zero-order valence-corrected chi connectivity index (χ0v) is 11.3. The molecule has 0 N–H and O–H groups in total. The molecule has 0 aliphatic heterocycles. The molecule has 4 nitrogen and oxygen atoms in total. The second-order valence-electron chi connectivity index (χ2n) is 2.63. The van der Waals surface area contributed by atoms with E-state index >= 15 is 0 Å². The molecule has 1 aromatic carbocycles. The van der Waals surface area contributed by atoms with Gasteiger partial charge in [0.15, 0.2) is 0 Å². The summed E-state index contributed by atoms with van der Waals surface area (Å²) in [6.45, 7) is 0. The summed E-state index contributed by atoms with van der Waals surface area (Å²) in [5.74, 6) is -1.14. The van der Waals surface area contributed by atoms with E-state index in [0.717, 1.165) is 0 Å². The van der Waals surface area contributed by atoms with Gasteiger partial charge in [-0.3, -0.25) is 0 Å². The van der Waals surface area contributed by atoms with Gasteiger partial charge in [0.1, 0.15) is 11.0 Å². The number of ether oxygens (including phenoxy) is 2. The quantitative estimate of drug-likeness (QED) is 0.618. The van der Waals surface area contributed by atoms with E-state index in [9.17, 15) is 9.59 Å². The van der Waals surface area contributed by atoms with Crippen molar-refractivity contribution in [2.75, 3.05) is 11.0 Å². The van der Waals surface area contributed by atoms with E-state index in [1.807, 2.05) is 0 Å².